The third kappa shape index (κ3) is 2.37. The van der Waals surface area contributed by atoms with E-state index in [9.17, 15) is 0 Å². The van der Waals surface area contributed by atoms with E-state index in [1.165, 1.54) is 22.2 Å². The number of hydrogen-bond acceptors (Lipinski definition) is 1. The summed E-state index contributed by atoms with van der Waals surface area (Å²) in [7, 11) is 0. The standard InChI is InChI=1S/C15H22N2/c1-5-16-10-14-9-13-8-12(4)6-7-15(13)17(14)11(2)3/h6-9,11,16H,5,10H2,1-4H3. The molecule has 0 aliphatic carbocycles. The van der Waals surface area contributed by atoms with Gasteiger partial charge in [0.1, 0.15) is 0 Å². The second kappa shape index (κ2) is 4.92. The topological polar surface area (TPSA) is 17.0 Å². The maximum absolute atomic E-state index is 3.41. The zero-order valence-electron chi connectivity index (χ0n) is 11.2. The van der Waals surface area contributed by atoms with Crippen LogP contribution in [0.1, 0.15) is 38.1 Å². The van der Waals surface area contributed by atoms with E-state index in [0.29, 0.717) is 6.04 Å². The van der Waals surface area contributed by atoms with Gasteiger partial charge >= 0.3 is 0 Å². The van der Waals surface area contributed by atoms with Crippen LogP contribution in [0, 0.1) is 6.92 Å². The SMILES string of the molecule is CCNCc1cc2cc(C)ccc2n1C(C)C. The zero-order chi connectivity index (χ0) is 12.4. The molecule has 0 aliphatic rings. The van der Waals surface area contributed by atoms with Gasteiger partial charge in [0.05, 0.1) is 0 Å². The normalized spacial score (nSPS) is 11.6. The first-order chi connectivity index (χ1) is 8.13. The van der Waals surface area contributed by atoms with Crippen LogP contribution in [0.25, 0.3) is 10.9 Å². The van der Waals surface area contributed by atoms with Gasteiger partial charge in [-0.25, -0.2) is 0 Å². The second-order valence-corrected chi connectivity index (χ2v) is 4.94. The second-order valence-electron chi connectivity index (χ2n) is 4.94. The largest absolute Gasteiger partial charge is 0.341 e. The number of hydrogen-bond donors (Lipinski definition) is 1. The van der Waals surface area contributed by atoms with Crippen LogP contribution in [0.3, 0.4) is 0 Å². The molecular formula is C15H22N2. The van der Waals surface area contributed by atoms with Gasteiger partial charge in [0, 0.05) is 29.2 Å². The molecule has 0 fully saturated rings. The summed E-state index contributed by atoms with van der Waals surface area (Å²) in [4.78, 5) is 0. The van der Waals surface area contributed by atoms with Crippen LogP contribution in [-0.4, -0.2) is 11.1 Å². The minimum Gasteiger partial charge on any atom is -0.341 e. The van der Waals surface area contributed by atoms with Crippen molar-refractivity contribution in [2.75, 3.05) is 6.54 Å². The maximum Gasteiger partial charge on any atom is 0.0485 e. The summed E-state index contributed by atoms with van der Waals surface area (Å²) >= 11 is 0. The molecule has 0 radical (unpaired) electrons. The average Bonchev–Trinajstić information content (AvgIpc) is 2.63. The van der Waals surface area contributed by atoms with Crippen molar-refractivity contribution in [3.8, 4) is 0 Å². The van der Waals surface area contributed by atoms with Gasteiger partial charge in [0.25, 0.3) is 0 Å². The Morgan fingerprint density at radius 2 is 2.00 bits per heavy atom. The van der Waals surface area contributed by atoms with Crippen molar-refractivity contribution in [2.45, 2.75) is 40.3 Å². The predicted molar refractivity (Wildman–Crippen MR) is 74.4 cm³/mol. The molecule has 2 heteroatoms. The molecule has 1 aromatic carbocycles. The average molecular weight is 230 g/mol. The number of benzene rings is 1. The molecule has 0 atom stereocenters. The monoisotopic (exact) mass is 230 g/mol. The third-order valence-electron chi connectivity index (χ3n) is 3.15. The van der Waals surface area contributed by atoms with E-state index in [1.54, 1.807) is 0 Å². The lowest BCUT2D eigenvalue weighted by atomic mass is 10.2. The molecule has 2 nitrogen and oxygen atoms in total. The molecule has 0 spiro atoms. The van der Waals surface area contributed by atoms with Gasteiger partial charge < -0.3 is 9.88 Å². The summed E-state index contributed by atoms with van der Waals surface area (Å²) in [6, 6.07) is 9.51. The van der Waals surface area contributed by atoms with Crippen molar-refractivity contribution >= 4 is 10.9 Å². The first-order valence-electron chi connectivity index (χ1n) is 6.44. The van der Waals surface area contributed by atoms with Crippen LogP contribution >= 0.6 is 0 Å². The van der Waals surface area contributed by atoms with Gasteiger partial charge in [0.15, 0.2) is 0 Å². The minimum absolute atomic E-state index is 0.504. The summed E-state index contributed by atoms with van der Waals surface area (Å²) in [5.74, 6) is 0. The maximum atomic E-state index is 3.41. The van der Waals surface area contributed by atoms with Crippen LogP contribution in [0.2, 0.25) is 0 Å². The van der Waals surface area contributed by atoms with Gasteiger partial charge in [-0.05, 0) is 45.5 Å². The van der Waals surface area contributed by atoms with E-state index in [4.69, 9.17) is 0 Å². The quantitative estimate of drug-likeness (QED) is 0.848. The molecule has 1 heterocycles. The van der Waals surface area contributed by atoms with Gasteiger partial charge in [0.2, 0.25) is 0 Å². The van der Waals surface area contributed by atoms with Crippen LogP contribution in [0.15, 0.2) is 24.3 Å². The Hall–Kier alpha value is -1.28. The molecule has 0 unspecified atom stereocenters. The molecular weight excluding hydrogens is 208 g/mol. The van der Waals surface area contributed by atoms with Crippen molar-refractivity contribution in [3.05, 3.63) is 35.5 Å². The summed E-state index contributed by atoms with van der Waals surface area (Å²) in [5, 5.41) is 4.77. The number of nitrogens with one attached hydrogen (secondary N) is 1. The first-order valence-corrected chi connectivity index (χ1v) is 6.44. The highest BCUT2D eigenvalue weighted by atomic mass is 15.0. The van der Waals surface area contributed by atoms with Gasteiger partial charge in [-0.2, -0.15) is 0 Å². The Kier molecular flexibility index (Phi) is 3.53. The van der Waals surface area contributed by atoms with Crippen LogP contribution < -0.4 is 5.32 Å². The molecule has 0 amide bonds. The highest BCUT2D eigenvalue weighted by Crippen LogP contribution is 2.25. The third-order valence-corrected chi connectivity index (χ3v) is 3.15. The van der Waals surface area contributed by atoms with Crippen molar-refractivity contribution in [2.24, 2.45) is 0 Å². The molecule has 17 heavy (non-hydrogen) atoms. The number of rotatable bonds is 4. The van der Waals surface area contributed by atoms with E-state index < -0.39 is 0 Å². The van der Waals surface area contributed by atoms with E-state index in [1.807, 2.05) is 0 Å². The fraction of sp³-hybridized carbons (Fsp3) is 0.467. The lowest BCUT2D eigenvalue weighted by molar-refractivity contribution is 0.572. The summed E-state index contributed by atoms with van der Waals surface area (Å²) < 4.78 is 2.43. The first kappa shape index (κ1) is 12.2. The molecule has 0 saturated heterocycles. The fourth-order valence-corrected chi connectivity index (χ4v) is 2.41. The van der Waals surface area contributed by atoms with E-state index >= 15 is 0 Å². The highest BCUT2D eigenvalue weighted by Gasteiger charge is 2.10. The van der Waals surface area contributed by atoms with Gasteiger partial charge in [-0.3, -0.25) is 0 Å². The van der Waals surface area contributed by atoms with Crippen LogP contribution in [-0.2, 0) is 6.54 Å². The van der Waals surface area contributed by atoms with Crippen LogP contribution in [0.5, 0.6) is 0 Å². The Morgan fingerprint density at radius 3 is 2.65 bits per heavy atom. The summed E-state index contributed by atoms with van der Waals surface area (Å²) in [6.45, 7) is 10.7. The van der Waals surface area contributed by atoms with E-state index in [0.717, 1.165) is 13.1 Å². The summed E-state index contributed by atoms with van der Waals surface area (Å²) in [5.41, 5.74) is 4.05. The molecule has 1 N–H and O–H groups in total. The number of fused-ring (bicyclic) bond motifs is 1. The van der Waals surface area contributed by atoms with Gasteiger partial charge in [-0.15, -0.1) is 0 Å². The van der Waals surface area contributed by atoms with E-state index in [-0.39, 0.29) is 0 Å². The fourth-order valence-electron chi connectivity index (χ4n) is 2.41. The Bertz CT molecular complexity index is 509. The number of aromatic nitrogens is 1. The highest BCUT2D eigenvalue weighted by molar-refractivity contribution is 5.82. The predicted octanol–water partition coefficient (Wildman–Crippen LogP) is 3.64. The Balaban J connectivity index is 2.53. The lowest BCUT2D eigenvalue weighted by Gasteiger charge is -2.15. The Morgan fingerprint density at radius 1 is 1.24 bits per heavy atom. The van der Waals surface area contributed by atoms with Crippen molar-refractivity contribution in [1.29, 1.82) is 0 Å². The van der Waals surface area contributed by atoms with Gasteiger partial charge in [-0.1, -0.05) is 18.6 Å². The zero-order valence-corrected chi connectivity index (χ0v) is 11.2. The van der Waals surface area contributed by atoms with E-state index in [2.05, 4.69) is 61.8 Å². The molecule has 0 bridgehead atoms. The Labute approximate surface area is 104 Å². The lowest BCUT2D eigenvalue weighted by Crippen LogP contribution is -2.16. The molecule has 2 aromatic rings. The minimum atomic E-state index is 0.504. The van der Waals surface area contributed by atoms with Crippen molar-refractivity contribution < 1.29 is 0 Å². The van der Waals surface area contributed by atoms with Crippen LogP contribution in [0.4, 0.5) is 0 Å². The molecule has 2 rings (SSSR count). The number of aryl methyl sites for hydroxylation is 1. The molecule has 92 valence electrons. The molecule has 1 aromatic heterocycles. The smallest absolute Gasteiger partial charge is 0.0485 e. The van der Waals surface area contributed by atoms with Crippen molar-refractivity contribution in [1.82, 2.24) is 9.88 Å². The number of nitrogens with zero attached hydrogens (tertiary/aromatic N) is 1. The summed E-state index contributed by atoms with van der Waals surface area (Å²) in [6.07, 6.45) is 0. The van der Waals surface area contributed by atoms with Crippen molar-refractivity contribution in [3.63, 3.8) is 0 Å². The molecule has 0 aliphatic heterocycles. The molecule has 0 saturated carbocycles.